The number of rotatable bonds is 4. The molecule has 0 saturated heterocycles. The fourth-order valence-corrected chi connectivity index (χ4v) is 2.61. The molecular weight excluding hydrogens is 336 g/mol. The Morgan fingerprint density at radius 2 is 1.88 bits per heavy atom. The van der Waals surface area contributed by atoms with Gasteiger partial charge in [-0.25, -0.2) is 4.98 Å². The molecule has 0 radical (unpaired) electrons. The van der Waals surface area contributed by atoms with Crippen molar-refractivity contribution in [3.8, 4) is 11.6 Å². The lowest BCUT2D eigenvalue weighted by Crippen LogP contribution is -2.12. The molecule has 0 aliphatic rings. The summed E-state index contributed by atoms with van der Waals surface area (Å²) in [6.45, 7) is 4.02. The summed E-state index contributed by atoms with van der Waals surface area (Å²) in [6, 6.07) is 16.3. The average molecular weight is 353 g/mol. The summed E-state index contributed by atoms with van der Waals surface area (Å²) in [7, 11) is 0. The summed E-state index contributed by atoms with van der Waals surface area (Å²) in [6.07, 6.45) is 1.55. The number of benzene rings is 2. The van der Waals surface area contributed by atoms with Crippen molar-refractivity contribution in [2.45, 2.75) is 13.8 Å². The van der Waals surface area contributed by atoms with Gasteiger partial charge in [0.15, 0.2) is 0 Å². The van der Waals surface area contributed by atoms with Gasteiger partial charge in [-0.15, -0.1) is 0 Å². The smallest absolute Gasteiger partial charge is 0.257 e. The van der Waals surface area contributed by atoms with E-state index in [0.29, 0.717) is 22.2 Å². The predicted molar refractivity (Wildman–Crippen MR) is 99.6 cm³/mol. The molecule has 0 fully saturated rings. The number of nitrogens with zero attached hydrogens (tertiary/aromatic N) is 1. The lowest BCUT2D eigenvalue weighted by atomic mass is 10.1. The fourth-order valence-electron chi connectivity index (χ4n) is 2.38. The third-order valence-electron chi connectivity index (χ3n) is 3.66. The van der Waals surface area contributed by atoms with Gasteiger partial charge in [0.2, 0.25) is 5.88 Å². The summed E-state index contributed by atoms with van der Waals surface area (Å²) in [5.41, 5.74) is 3.20. The van der Waals surface area contributed by atoms with Crippen LogP contribution in [-0.4, -0.2) is 10.9 Å². The molecular formula is C20H17ClN2O2. The number of ether oxygens (including phenoxy) is 1. The minimum atomic E-state index is -0.282. The third-order valence-corrected chi connectivity index (χ3v) is 3.99. The Labute approximate surface area is 151 Å². The van der Waals surface area contributed by atoms with Gasteiger partial charge in [-0.2, -0.15) is 0 Å². The van der Waals surface area contributed by atoms with E-state index in [9.17, 15) is 4.79 Å². The highest BCUT2D eigenvalue weighted by Gasteiger charge is 2.10. The van der Waals surface area contributed by atoms with Crippen molar-refractivity contribution in [3.63, 3.8) is 0 Å². The Morgan fingerprint density at radius 1 is 1.08 bits per heavy atom. The van der Waals surface area contributed by atoms with Gasteiger partial charge in [0.05, 0.1) is 22.5 Å². The molecule has 0 unspecified atom stereocenters. The number of aryl methyl sites for hydroxylation is 2. The van der Waals surface area contributed by atoms with Crippen molar-refractivity contribution < 1.29 is 9.53 Å². The Morgan fingerprint density at radius 3 is 2.56 bits per heavy atom. The number of halogens is 1. The normalized spacial score (nSPS) is 10.4. The van der Waals surface area contributed by atoms with Crippen LogP contribution in [-0.2, 0) is 0 Å². The van der Waals surface area contributed by atoms with Crippen LogP contribution in [0.2, 0.25) is 5.02 Å². The van der Waals surface area contributed by atoms with Gasteiger partial charge >= 0.3 is 0 Å². The molecule has 0 aliphatic carbocycles. The molecule has 126 valence electrons. The largest absolute Gasteiger partial charge is 0.439 e. The first-order valence-corrected chi connectivity index (χ1v) is 8.18. The van der Waals surface area contributed by atoms with Crippen LogP contribution in [0.25, 0.3) is 0 Å². The molecule has 0 saturated carbocycles. The number of pyridine rings is 1. The van der Waals surface area contributed by atoms with Crippen LogP contribution in [0.1, 0.15) is 21.5 Å². The standard InChI is InChI=1S/C20H17ClN2O2/c1-13-7-9-18(14(2)11-13)25-19-10-8-15(12-22-19)23-20(24)16-5-3-4-6-17(16)21/h3-12H,1-2H3,(H,23,24). The number of hydrogen-bond acceptors (Lipinski definition) is 3. The van der Waals surface area contributed by atoms with E-state index in [-0.39, 0.29) is 5.91 Å². The number of amides is 1. The van der Waals surface area contributed by atoms with Gasteiger partial charge in [-0.1, -0.05) is 41.4 Å². The number of nitrogens with one attached hydrogen (secondary N) is 1. The Balaban J connectivity index is 1.70. The summed E-state index contributed by atoms with van der Waals surface area (Å²) in [5, 5.41) is 3.17. The first-order chi connectivity index (χ1) is 12.0. The molecule has 0 spiro atoms. The average Bonchev–Trinajstić information content (AvgIpc) is 2.59. The van der Waals surface area contributed by atoms with E-state index in [1.54, 1.807) is 42.6 Å². The second-order valence-corrected chi connectivity index (χ2v) is 6.10. The van der Waals surface area contributed by atoms with E-state index < -0.39 is 0 Å². The Hall–Kier alpha value is -2.85. The zero-order valence-electron chi connectivity index (χ0n) is 13.9. The highest BCUT2D eigenvalue weighted by atomic mass is 35.5. The number of carbonyl (C=O) groups excluding carboxylic acids is 1. The van der Waals surface area contributed by atoms with E-state index in [2.05, 4.69) is 10.3 Å². The zero-order chi connectivity index (χ0) is 17.8. The van der Waals surface area contributed by atoms with Crippen LogP contribution in [0.4, 0.5) is 5.69 Å². The summed E-state index contributed by atoms with van der Waals surface area (Å²) in [4.78, 5) is 16.5. The number of hydrogen-bond donors (Lipinski definition) is 1. The predicted octanol–water partition coefficient (Wildman–Crippen LogP) is 5.40. The van der Waals surface area contributed by atoms with E-state index >= 15 is 0 Å². The first kappa shape index (κ1) is 17.0. The first-order valence-electron chi connectivity index (χ1n) is 7.80. The van der Waals surface area contributed by atoms with E-state index in [4.69, 9.17) is 16.3 Å². The highest BCUT2D eigenvalue weighted by Crippen LogP contribution is 2.25. The van der Waals surface area contributed by atoms with Crippen molar-refractivity contribution in [1.82, 2.24) is 4.98 Å². The summed E-state index contributed by atoms with van der Waals surface area (Å²) < 4.78 is 5.78. The highest BCUT2D eigenvalue weighted by molar-refractivity contribution is 6.34. The molecule has 1 aromatic heterocycles. The van der Waals surface area contributed by atoms with Crippen LogP contribution >= 0.6 is 11.6 Å². The van der Waals surface area contributed by atoms with Crippen LogP contribution in [0.3, 0.4) is 0 Å². The second kappa shape index (κ2) is 7.36. The molecule has 25 heavy (non-hydrogen) atoms. The zero-order valence-corrected chi connectivity index (χ0v) is 14.7. The topological polar surface area (TPSA) is 51.2 Å². The second-order valence-electron chi connectivity index (χ2n) is 5.69. The van der Waals surface area contributed by atoms with E-state index in [1.807, 2.05) is 32.0 Å². The Kier molecular flexibility index (Phi) is 5.00. The fraction of sp³-hybridized carbons (Fsp3) is 0.100. The summed E-state index contributed by atoms with van der Waals surface area (Å²) in [5.74, 6) is 0.934. The van der Waals surface area contributed by atoms with Crippen LogP contribution in [0.15, 0.2) is 60.8 Å². The molecule has 2 aromatic carbocycles. The molecule has 3 rings (SSSR count). The SMILES string of the molecule is Cc1ccc(Oc2ccc(NC(=O)c3ccccc3Cl)cn2)c(C)c1. The molecule has 0 bridgehead atoms. The van der Waals surface area contributed by atoms with E-state index in [1.165, 1.54) is 5.56 Å². The van der Waals surface area contributed by atoms with Gasteiger partial charge < -0.3 is 10.1 Å². The van der Waals surface area contributed by atoms with E-state index in [0.717, 1.165) is 11.3 Å². The van der Waals surface area contributed by atoms with Gasteiger partial charge in [-0.3, -0.25) is 4.79 Å². The maximum absolute atomic E-state index is 12.2. The van der Waals surface area contributed by atoms with Crippen LogP contribution in [0.5, 0.6) is 11.6 Å². The van der Waals surface area contributed by atoms with Gasteiger partial charge in [0, 0.05) is 6.07 Å². The molecule has 0 aliphatic heterocycles. The van der Waals surface area contributed by atoms with Crippen molar-refractivity contribution in [2.24, 2.45) is 0 Å². The van der Waals surface area contributed by atoms with Gasteiger partial charge in [0.1, 0.15) is 5.75 Å². The minimum absolute atomic E-state index is 0.282. The van der Waals surface area contributed by atoms with Gasteiger partial charge in [-0.05, 0) is 43.7 Å². The van der Waals surface area contributed by atoms with Crippen molar-refractivity contribution in [2.75, 3.05) is 5.32 Å². The van der Waals surface area contributed by atoms with Crippen molar-refractivity contribution in [3.05, 3.63) is 82.5 Å². The third kappa shape index (κ3) is 4.17. The van der Waals surface area contributed by atoms with Crippen molar-refractivity contribution in [1.29, 1.82) is 0 Å². The van der Waals surface area contributed by atoms with Gasteiger partial charge in [0.25, 0.3) is 5.91 Å². The molecule has 4 nitrogen and oxygen atoms in total. The maximum atomic E-state index is 12.2. The van der Waals surface area contributed by atoms with Crippen LogP contribution < -0.4 is 10.1 Å². The number of carbonyl (C=O) groups is 1. The lowest BCUT2D eigenvalue weighted by Gasteiger charge is -2.10. The lowest BCUT2D eigenvalue weighted by molar-refractivity contribution is 0.102. The van der Waals surface area contributed by atoms with Crippen LogP contribution in [0, 0.1) is 13.8 Å². The molecule has 1 amide bonds. The maximum Gasteiger partial charge on any atom is 0.257 e. The quantitative estimate of drug-likeness (QED) is 0.684. The van der Waals surface area contributed by atoms with Crippen molar-refractivity contribution >= 4 is 23.2 Å². The Bertz CT molecular complexity index is 908. The number of aromatic nitrogens is 1. The molecule has 5 heteroatoms. The molecule has 0 atom stereocenters. The molecule has 1 heterocycles. The number of anilines is 1. The monoisotopic (exact) mass is 352 g/mol. The molecule has 3 aromatic rings. The molecule has 1 N–H and O–H groups in total. The summed E-state index contributed by atoms with van der Waals surface area (Å²) >= 11 is 6.03. The minimum Gasteiger partial charge on any atom is -0.439 e.